The molecule has 4 heteroatoms. The van der Waals surface area contributed by atoms with Gasteiger partial charge in [-0.1, -0.05) is 6.07 Å². The summed E-state index contributed by atoms with van der Waals surface area (Å²) in [5.41, 5.74) is 2.65. The Kier molecular flexibility index (Phi) is 4.15. The van der Waals surface area contributed by atoms with Gasteiger partial charge in [0.15, 0.2) is 0 Å². The Morgan fingerprint density at radius 3 is 2.86 bits per heavy atom. The van der Waals surface area contributed by atoms with Gasteiger partial charge in [-0.3, -0.25) is 10.1 Å². The summed E-state index contributed by atoms with van der Waals surface area (Å²) in [6.07, 6.45) is 5.58. The van der Waals surface area contributed by atoms with Crippen LogP contribution in [0.4, 0.5) is 0 Å². The third-order valence-corrected chi connectivity index (χ3v) is 4.43. The Balaban J connectivity index is 1.67. The summed E-state index contributed by atoms with van der Waals surface area (Å²) < 4.78 is 5.30. The van der Waals surface area contributed by atoms with E-state index in [0.717, 1.165) is 37.9 Å². The van der Waals surface area contributed by atoms with Crippen molar-refractivity contribution in [2.75, 3.05) is 7.11 Å². The number of rotatable bonds is 5. The molecule has 0 heterocycles. The van der Waals surface area contributed by atoms with E-state index in [1.165, 1.54) is 11.1 Å². The van der Waals surface area contributed by atoms with Crippen LogP contribution in [0.5, 0.6) is 5.75 Å². The van der Waals surface area contributed by atoms with Crippen LogP contribution in [-0.4, -0.2) is 25.1 Å². The fraction of sp³-hybridized carbons (Fsp3) is 0.588. The Labute approximate surface area is 126 Å². The van der Waals surface area contributed by atoms with Gasteiger partial charge in [0.05, 0.1) is 13.2 Å². The van der Waals surface area contributed by atoms with E-state index in [-0.39, 0.29) is 18.0 Å². The van der Waals surface area contributed by atoms with Crippen molar-refractivity contribution in [3.63, 3.8) is 0 Å². The van der Waals surface area contributed by atoms with Crippen LogP contribution in [0.1, 0.15) is 49.8 Å². The number of aryl methyl sites for hydroxylation is 1. The first kappa shape index (κ1) is 14.4. The lowest BCUT2D eigenvalue weighted by Gasteiger charge is -2.29. The molecule has 1 aromatic carbocycles. The number of fused-ring (bicyclic) bond motifs is 1. The lowest BCUT2D eigenvalue weighted by Crippen LogP contribution is -2.45. The molecule has 2 atom stereocenters. The topological polar surface area (TPSA) is 50.4 Å². The summed E-state index contributed by atoms with van der Waals surface area (Å²) in [7, 11) is 1.70. The maximum Gasteiger partial charge on any atom is 0.237 e. The fourth-order valence-corrected chi connectivity index (χ4v) is 3.02. The number of methoxy groups -OCH3 is 1. The molecule has 3 rings (SSSR count). The average molecular weight is 288 g/mol. The quantitative estimate of drug-likeness (QED) is 0.874. The summed E-state index contributed by atoms with van der Waals surface area (Å²) in [5, 5.41) is 6.56. The molecule has 0 saturated heterocycles. The molecule has 1 aromatic rings. The number of amides is 1. The second-order valence-corrected chi connectivity index (χ2v) is 6.18. The molecule has 2 aliphatic carbocycles. The number of nitrogens with one attached hydrogen (secondary N) is 2. The Morgan fingerprint density at radius 2 is 2.14 bits per heavy atom. The van der Waals surface area contributed by atoms with Crippen LogP contribution in [-0.2, 0) is 11.2 Å². The van der Waals surface area contributed by atoms with Gasteiger partial charge in [0, 0.05) is 12.1 Å². The lowest BCUT2D eigenvalue weighted by atomic mass is 9.87. The Bertz CT molecular complexity index is 526. The van der Waals surface area contributed by atoms with Crippen molar-refractivity contribution in [2.45, 2.75) is 57.2 Å². The third-order valence-electron chi connectivity index (χ3n) is 4.43. The molecule has 0 bridgehead atoms. The Morgan fingerprint density at radius 1 is 1.33 bits per heavy atom. The lowest BCUT2D eigenvalue weighted by molar-refractivity contribution is -0.123. The van der Waals surface area contributed by atoms with Gasteiger partial charge < -0.3 is 10.1 Å². The van der Waals surface area contributed by atoms with E-state index in [1.807, 2.05) is 13.0 Å². The normalized spacial score (nSPS) is 22.3. The van der Waals surface area contributed by atoms with Crippen LogP contribution in [0.25, 0.3) is 0 Å². The molecule has 0 aliphatic heterocycles. The monoisotopic (exact) mass is 288 g/mol. The largest absolute Gasteiger partial charge is 0.497 e. The van der Waals surface area contributed by atoms with Crippen LogP contribution in [0.15, 0.2) is 18.2 Å². The molecule has 1 saturated carbocycles. The molecular formula is C17H24N2O2. The van der Waals surface area contributed by atoms with Gasteiger partial charge in [-0.25, -0.2) is 0 Å². The van der Waals surface area contributed by atoms with Crippen LogP contribution in [0, 0.1) is 0 Å². The van der Waals surface area contributed by atoms with E-state index in [0.29, 0.717) is 6.04 Å². The Hall–Kier alpha value is -1.55. The predicted molar refractivity (Wildman–Crippen MR) is 82.4 cm³/mol. The van der Waals surface area contributed by atoms with Crippen molar-refractivity contribution in [1.82, 2.24) is 10.6 Å². The minimum atomic E-state index is -0.149. The minimum Gasteiger partial charge on any atom is -0.497 e. The summed E-state index contributed by atoms with van der Waals surface area (Å²) in [6.45, 7) is 1.95. The molecule has 114 valence electrons. The van der Waals surface area contributed by atoms with Crippen molar-refractivity contribution in [2.24, 2.45) is 0 Å². The first-order valence-corrected chi connectivity index (χ1v) is 7.90. The van der Waals surface area contributed by atoms with E-state index in [1.54, 1.807) is 7.11 Å². The highest BCUT2D eigenvalue weighted by molar-refractivity contribution is 5.81. The highest BCUT2D eigenvalue weighted by atomic mass is 16.5. The molecule has 2 aliphatic rings. The standard InChI is InChI=1S/C17H24N2O2/c1-11(17(20)19-13-6-7-13)18-16-5-3-4-12-10-14(21-2)8-9-15(12)16/h8-11,13,16,18H,3-7H2,1-2H3,(H,19,20). The fourth-order valence-electron chi connectivity index (χ4n) is 3.02. The van der Waals surface area contributed by atoms with Crippen molar-refractivity contribution in [1.29, 1.82) is 0 Å². The molecular weight excluding hydrogens is 264 g/mol. The molecule has 0 spiro atoms. The maximum absolute atomic E-state index is 12.1. The van der Waals surface area contributed by atoms with Crippen LogP contribution in [0.3, 0.4) is 0 Å². The zero-order valence-electron chi connectivity index (χ0n) is 12.8. The third kappa shape index (κ3) is 3.38. The number of benzene rings is 1. The molecule has 21 heavy (non-hydrogen) atoms. The minimum absolute atomic E-state index is 0.123. The van der Waals surface area contributed by atoms with Crippen molar-refractivity contribution in [3.05, 3.63) is 29.3 Å². The zero-order valence-corrected chi connectivity index (χ0v) is 12.8. The van der Waals surface area contributed by atoms with Gasteiger partial charge in [0.1, 0.15) is 5.75 Å². The van der Waals surface area contributed by atoms with E-state index >= 15 is 0 Å². The number of hydrogen-bond acceptors (Lipinski definition) is 3. The molecule has 1 fully saturated rings. The molecule has 1 amide bonds. The second-order valence-electron chi connectivity index (χ2n) is 6.18. The van der Waals surface area contributed by atoms with E-state index in [4.69, 9.17) is 4.74 Å². The van der Waals surface area contributed by atoms with Gasteiger partial charge in [0.25, 0.3) is 0 Å². The average Bonchev–Trinajstić information content (AvgIpc) is 3.30. The van der Waals surface area contributed by atoms with Gasteiger partial charge in [-0.2, -0.15) is 0 Å². The van der Waals surface area contributed by atoms with Gasteiger partial charge in [-0.15, -0.1) is 0 Å². The summed E-state index contributed by atoms with van der Waals surface area (Å²) in [6, 6.07) is 6.80. The number of carbonyl (C=O) groups is 1. The molecule has 2 N–H and O–H groups in total. The predicted octanol–water partition coefficient (Wildman–Crippen LogP) is 2.33. The van der Waals surface area contributed by atoms with E-state index in [2.05, 4.69) is 22.8 Å². The molecule has 0 radical (unpaired) electrons. The summed E-state index contributed by atoms with van der Waals surface area (Å²) in [4.78, 5) is 12.1. The van der Waals surface area contributed by atoms with Gasteiger partial charge >= 0.3 is 0 Å². The highest BCUT2D eigenvalue weighted by Gasteiger charge is 2.28. The van der Waals surface area contributed by atoms with E-state index < -0.39 is 0 Å². The zero-order chi connectivity index (χ0) is 14.8. The van der Waals surface area contributed by atoms with Crippen LogP contribution < -0.4 is 15.4 Å². The first-order chi connectivity index (χ1) is 10.2. The van der Waals surface area contributed by atoms with Crippen LogP contribution >= 0.6 is 0 Å². The van der Waals surface area contributed by atoms with Crippen molar-refractivity contribution < 1.29 is 9.53 Å². The second kappa shape index (κ2) is 6.06. The highest BCUT2D eigenvalue weighted by Crippen LogP contribution is 2.32. The van der Waals surface area contributed by atoms with Gasteiger partial charge in [0.2, 0.25) is 5.91 Å². The summed E-state index contributed by atoms with van der Waals surface area (Å²) in [5.74, 6) is 1.03. The number of hydrogen-bond donors (Lipinski definition) is 2. The van der Waals surface area contributed by atoms with Crippen LogP contribution in [0.2, 0.25) is 0 Å². The van der Waals surface area contributed by atoms with E-state index in [9.17, 15) is 4.79 Å². The smallest absolute Gasteiger partial charge is 0.237 e. The SMILES string of the molecule is COc1ccc2c(c1)CCCC2NC(C)C(=O)NC1CC1. The molecule has 0 aromatic heterocycles. The number of ether oxygens (including phenoxy) is 1. The number of carbonyl (C=O) groups excluding carboxylic acids is 1. The molecule has 4 nitrogen and oxygen atoms in total. The summed E-state index contributed by atoms with van der Waals surface area (Å²) >= 11 is 0. The molecule has 2 unspecified atom stereocenters. The maximum atomic E-state index is 12.1. The van der Waals surface area contributed by atoms with Crippen molar-refractivity contribution in [3.8, 4) is 5.75 Å². The van der Waals surface area contributed by atoms with Crippen molar-refractivity contribution >= 4 is 5.91 Å². The first-order valence-electron chi connectivity index (χ1n) is 7.90. The van der Waals surface area contributed by atoms with Gasteiger partial charge in [-0.05, 0) is 62.3 Å².